The fourth-order valence-corrected chi connectivity index (χ4v) is 4.85. The van der Waals surface area contributed by atoms with E-state index in [0.717, 1.165) is 44.1 Å². The Morgan fingerprint density at radius 3 is 2.51 bits per heavy atom. The quantitative estimate of drug-likeness (QED) is 0.630. The van der Waals surface area contributed by atoms with Crippen molar-refractivity contribution in [3.05, 3.63) is 53.5 Å². The van der Waals surface area contributed by atoms with Crippen molar-refractivity contribution in [3.63, 3.8) is 0 Å². The summed E-state index contributed by atoms with van der Waals surface area (Å²) < 4.78 is 34.1. The van der Waals surface area contributed by atoms with E-state index in [0.29, 0.717) is 5.82 Å². The van der Waals surface area contributed by atoms with Gasteiger partial charge in [0.2, 0.25) is 0 Å². The molecule has 2 amide bonds. The zero-order chi connectivity index (χ0) is 26.7. The molecule has 11 heteroatoms. The van der Waals surface area contributed by atoms with Crippen molar-refractivity contribution in [1.29, 1.82) is 0 Å². The number of hydrogen-bond acceptors (Lipinski definition) is 7. The van der Waals surface area contributed by atoms with Gasteiger partial charge in [-0.25, -0.2) is 23.5 Å². The van der Waals surface area contributed by atoms with Crippen LogP contribution in [0.1, 0.15) is 55.6 Å². The third kappa shape index (κ3) is 6.51. The van der Waals surface area contributed by atoms with Gasteiger partial charge in [-0.15, -0.1) is 0 Å². The first-order valence-corrected chi connectivity index (χ1v) is 12.5. The summed E-state index contributed by atoms with van der Waals surface area (Å²) in [5, 5.41) is 6.09. The summed E-state index contributed by atoms with van der Waals surface area (Å²) in [5.41, 5.74) is -0.316. The van der Waals surface area contributed by atoms with Gasteiger partial charge in [0.1, 0.15) is 28.7 Å². The molecule has 1 aromatic carbocycles. The van der Waals surface area contributed by atoms with Gasteiger partial charge in [0.05, 0.1) is 18.4 Å². The van der Waals surface area contributed by atoms with Crippen LogP contribution in [0.25, 0.3) is 0 Å². The summed E-state index contributed by atoms with van der Waals surface area (Å²) in [7, 11) is 1.78. The number of piperidine rings is 1. The van der Waals surface area contributed by atoms with Gasteiger partial charge in [-0.05, 0) is 70.5 Å². The molecule has 0 unspecified atom stereocenters. The second-order valence-electron chi connectivity index (χ2n) is 10.6. The maximum atomic E-state index is 14.7. The SMILES string of the molecule is CN(C(=O)c1cnc(N2C[C@H](NC(=O)OC(C)(C)C)[C@@H](c3cc(F)ccc3F)C2)cn1)C1CCNCC1. The molecule has 2 aromatic rings. The van der Waals surface area contributed by atoms with Gasteiger partial charge >= 0.3 is 6.09 Å². The van der Waals surface area contributed by atoms with E-state index in [1.165, 1.54) is 12.4 Å². The number of carbonyl (C=O) groups is 2. The summed E-state index contributed by atoms with van der Waals surface area (Å²) in [4.78, 5) is 37.8. The van der Waals surface area contributed by atoms with Crippen LogP contribution in [0.5, 0.6) is 0 Å². The van der Waals surface area contributed by atoms with E-state index < -0.39 is 35.3 Å². The van der Waals surface area contributed by atoms with Crippen molar-refractivity contribution in [2.24, 2.45) is 0 Å². The molecule has 0 saturated carbocycles. The molecule has 2 saturated heterocycles. The zero-order valence-corrected chi connectivity index (χ0v) is 21.6. The number of anilines is 1. The molecule has 3 heterocycles. The predicted octanol–water partition coefficient (Wildman–Crippen LogP) is 3.08. The van der Waals surface area contributed by atoms with Crippen molar-refractivity contribution >= 4 is 17.8 Å². The highest BCUT2D eigenvalue weighted by atomic mass is 19.1. The first kappa shape index (κ1) is 26.7. The van der Waals surface area contributed by atoms with E-state index in [9.17, 15) is 18.4 Å². The van der Waals surface area contributed by atoms with E-state index in [1.807, 2.05) is 4.90 Å². The van der Waals surface area contributed by atoms with Crippen molar-refractivity contribution in [1.82, 2.24) is 25.5 Å². The topological polar surface area (TPSA) is 99.7 Å². The smallest absolute Gasteiger partial charge is 0.407 e. The van der Waals surface area contributed by atoms with Crippen LogP contribution in [0.4, 0.5) is 19.4 Å². The third-order valence-corrected chi connectivity index (χ3v) is 6.74. The summed E-state index contributed by atoms with van der Waals surface area (Å²) >= 11 is 0. The minimum Gasteiger partial charge on any atom is -0.444 e. The molecule has 2 fully saturated rings. The van der Waals surface area contributed by atoms with Crippen LogP contribution in [-0.2, 0) is 4.74 Å². The monoisotopic (exact) mass is 516 g/mol. The Kier molecular flexibility index (Phi) is 7.91. The molecule has 37 heavy (non-hydrogen) atoms. The van der Waals surface area contributed by atoms with Gasteiger partial charge in [-0.3, -0.25) is 4.79 Å². The van der Waals surface area contributed by atoms with Gasteiger partial charge in [0.15, 0.2) is 0 Å². The van der Waals surface area contributed by atoms with Gasteiger partial charge in [-0.1, -0.05) is 0 Å². The highest BCUT2D eigenvalue weighted by Crippen LogP contribution is 2.32. The highest BCUT2D eigenvalue weighted by Gasteiger charge is 2.38. The number of nitrogens with zero attached hydrogens (tertiary/aromatic N) is 4. The average Bonchev–Trinajstić information content (AvgIpc) is 3.27. The molecule has 4 rings (SSSR count). The van der Waals surface area contributed by atoms with Crippen LogP contribution in [0.2, 0.25) is 0 Å². The Balaban J connectivity index is 1.52. The molecule has 2 atom stereocenters. The van der Waals surface area contributed by atoms with Gasteiger partial charge in [-0.2, -0.15) is 0 Å². The molecule has 0 spiro atoms. The summed E-state index contributed by atoms with van der Waals surface area (Å²) in [6.45, 7) is 7.52. The maximum absolute atomic E-state index is 14.7. The Morgan fingerprint density at radius 2 is 1.86 bits per heavy atom. The minimum atomic E-state index is -0.711. The van der Waals surface area contributed by atoms with E-state index in [-0.39, 0.29) is 36.3 Å². The van der Waals surface area contributed by atoms with Crippen LogP contribution in [-0.4, -0.2) is 77.8 Å². The van der Waals surface area contributed by atoms with Crippen molar-refractivity contribution < 1.29 is 23.1 Å². The number of rotatable bonds is 5. The van der Waals surface area contributed by atoms with E-state index in [4.69, 9.17) is 4.74 Å². The van der Waals surface area contributed by atoms with Crippen LogP contribution >= 0.6 is 0 Å². The molecular formula is C26H34F2N6O3. The minimum absolute atomic E-state index is 0.149. The molecule has 2 N–H and O–H groups in total. The number of carbonyl (C=O) groups excluding carboxylic acids is 2. The molecule has 9 nitrogen and oxygen atoms in total. The maximum Gasteiger partial charge on any atom is 0.407 e. The molecular weight excluding hydrogens is 482 g/mol. The Bertz CT molecular complexity index is 1120. The van der Waals surface area contributed by atoms with Crippen molar-refractivity contribution in [2.45, 2.75) is 57.2 Å². The van der Waals surface area contributed by atoms with Crippen LogP contribution in [0.3, 0.4) is 0 Å². The second kappa shape index (κ2) is 11.0. The number of nitrogens with one attached hydrogen (secondary N) is 2. The summed E-state index contributed by atoms with van der Waals surface area (Å²) in [5.74, 6) is -1.41. The van der Waals surface area contributed by atoms with E-state index in [2.05, 4.69) is 20.6 Å². The molecule has 0 aliphatic carbocycles. The van der Waals surface area contributed by atoms with E-state index >= 15 is 0 Å². The largest absolute Gasteiger partial charge is 0.444 e. The predicted molar refractivity (Wildman–Crippen MR) is 134 cm³/mol. The highest BCUT2D eigenvalue weighted by molar-refractivity contribution is 5.92. The normalized spacial score (nSPS) is 20.5. The molecule has 200 valence electrons. The zero-order valence-electron chi connectivity index (χ0n) is 21.6. The lowest BCUT2D eigenvalue weighted by Gasteiger charge is -2.31. The number of halogens is 2. The number of ether oxygens (including phenoxy) is 1. The summed E-state index contributed by atoms with van der Waals surface area (Å²) in [6, 6.07) is 2.87. The molecule has 0 bridgehead atoms. The summed E-state index contributed by atoms with van der Waals surface area (Å²) in [6.07, 6.45) is 4.05. The lowest BCUT2D eigenvalue weighted by molar-refractivity contribution is 0.0504. The standard InChI is InChI=1S/C26H34F2N6O3/c1-26(2,3)37-25(36)32-22-15-34(14-19(22)18-11-16(27)5-6-20(18)28)23-13-30-21(12-31-23)24(35)33(4)17-7-9-29-10-8-17/h5-6,11-13,17,19,22,29H,7-10,14-15H2,1-4H3,(H,32,36)/t19-,22+/m1/s1. The van der Waals surface area contributed by atoms with Crippen LogP contribution in [0.15, 0.2) is 30.6 Å². The first-order valence-electron chi connectivity index (χ1n) is 12.5. The number of benzene rings is 1. The van der Waals surface area contributed by atoms with Crippen molar-refractivity contribution in [2.75, 3.05) is 38.1 Å². The van der Waals surface area contributed by atoms with Gasteiger partial charge in [0.25, 0.3) is 5.91 Å². The van der Waals surface area contributed by atoms with Gasteiger partial charge < -0.3 is 25.2 Å². The van der Waals surface area contributed by atoms with Gasteiger partial charge in [0, 0.05) is 32.1 Å². The average molecular weight is 517 g/mol. The van der Waals surface area contributed by atoms with E-state index in [1.54, 1.807) is 32.7 Å². The molecule has 2 aliphatic rings. The number of amides is 2. The molecule has 2 aliphatic heterocycles. The Hall–Kier alpha value is -3.34. The van der Waals surface area contributed by atoms with Crippen LogP contribution in [0, 0.1) is 11.6 Å². The fraction of sp³-hybridized carbons (Fsp3) is 0.538. The third-order valence-electron chi connectivity index (χ3n) is 6.74. The number of hydrogen-bond donors (Lipinski definition) is 2. The lowest BCUT2D eigenvalue weighted by atomic mass is 9.94. The number of aromatic nitrogens is 2. The number of alkyl carbamates (subject to hydrolysis) is 1. The lowest BCUT2D eigenvalue weighted by Crippen LogP contribution is -2.44. The Morgan fingerprint density at radius 1 is 1.14 bits per heavy atom. The molecule has 0 radical (unpaired) electrons. The Labute approximate surface area is 215 Å². The second-order valence-corrected chi connectivity index (χ2v) is 10.6. The fourth-order valence-electron chi connectivity index (χ4n) is 4.85. The van der Waals surface area contributed by atoms with Crippen molar-refractivity contribution in [3.8, 4) is 0 Å². The van der Waals surface area contributed by atoms with Crippen LogP contribution < -0.4 is 15.5 Å². The first-order chi connectivity index (χ1) is 17.5. The molecule has 1 aromatic heterocycles.